The smallest absolute Gasteiger partial charge is 0.303 e. The highest BCUT2D eigenvalue weighted by Crippen LogP contribution is 2.21. The van der Waals surface area contributed by atoms with E-state index >= 15 is 0 Å². The maximum absolute atomic E-state index is 13.6. The zero-order valence-electron chi connectivity index (χ0n) is 9.12. The van der Waals surface area contributed by atoms with Crippen LogP contribution in [0.15, 0.2) is 24.4 Å². The molecular weight excluding hydrogens is 225 g/mol. The third kappa shape index (κ3) is 2.18. The average Bonchev–Trinajstić information content (AvgIpc) is 2.71. The summed E-state index contributed by atoms with van der Waals surface area (Å²) < 4.78 is 18.2. The van der Waals surface area contributed by atoms with Crippen LogP contribution in [0.1, 0.15) is 17.3 Å². The molecule has 2 aromatic rings. The molecule has 0 aliphatic rings. The minimum Gasteiger partial charge on any atom is -0.457 e. The van der Waals surface area contributed by atoms with E-state index in [-0.39, 0.29) is 17.6 Å². The molecule has 0 unspecified atom stereocenters. The Morgan fingerprint density at radius 2 is 2.18 bits per heavy atom. The highest BCUT2D eigenvalue weighted by Gasteiger charge is 2.15. The molecule has 1 aromatic heterocycles. The summed E-state index contributed by atoms with van der Waals surface area (Å²) in [6.45, 7) is 0.833. The normalized spacial score (nSPS) is 10.5. The topological polar surface area (TPSA) is 59.2 Å². The monoisotopic (exact) mass is 235 g/mol. The SMILES string of the molecule is CC(=O)OCC(=O)c1c[nH]c2cccc(F)c12. The van der Waals surface area contributed by atoms with Crippen molar-refractivity contribution in [1.82, 2.24) is 4.98 Å². The number of halogens is 1. The summed E-state index contributed by atoms with van der Waals surface area (Å²) in [6.07, 6.45) is 1.42. The van der Waals surface area contributed by atoms with Crippen LogP contribution >= 0.6 is 0 Å². The van der Waals surface area contributed by atoms with Gasteiger partial charge in [-0.1, -0.05) is 6.07 Å². The van der Waals surface area contributed by atoms with Crippen molar-refractivity contribution in [2.75, 3.05) is 6.61 Å². The Hall–Kier alpha value is -2.17. The number of nitrogens with one attached hydrogen (secondary N) is 1. The van der Waals surface area contributed by atoms with E-state index in [0.717, 1.165) is 0 Å². The number of benzene rings is 1. The fourth-order valence-corrected chi connectivity index (χ4v) is 1.61. The number of Topliss-reactive ketones (excluding diaryl/α,β-unsaturated/α-hetero) is 1. The predicted molar refractivity (Wildman–Crippen MR) is 59.2 cm³/mol. The van der Waals surface area contributed by atoms with Gasteiger partial charge < -0.3 is 9.72 Å². The molecule has 1 aromatic carbocycles. The number of carbonyl (C=O) groups is 2. The van der Waals surface area contributed by atoms with Crippen LogP contribution < -0.4 is 0 Å². The Labute approximate surface area is 96.4 Å². The van der Waals surface area contributed by atoms with Gasteiger partial charge in [-0.05, 0) is 12.1 Å². The first-order valence-corrected chi connectivity index (χ1v) is 5.01. The Kier molecular flexibility index (Phi) is 2.91. The van der Waals surface area contributed by atoms with Crippen LogP contribution in [0.3, 0.4) is 0 Å². The molecule has 17 heavy (non-hydrogen) atoms. The molecule has 2 rings (SSSR count). The Balaban J connectivity index is 2.36. The van der Waals surface area contributed by atoms with Gasteiger partial charge in [0.1, 0.15) is 5.82 Å². The first-order chi connectivity index (χ1) is 8.09. The second-order valence-corrected chi connectivity index (χ2v) is 3.57. The lowest BCUT2D eigenvalue weighted by Crippen LogP contribution is -2.11. The molecule has 0 amide bonds. The van der Waals surface area contributed by atoms with E-state index in [1.54, 1.807) is 12.1 Å². The molecule has 0 saturated carbocycles. The van der Waals surface area contributed by atoms with Gasteiger partial charge in [0.05, 0.1) is 0 Å². The van der Waals surface area contributed by atoms with Gasteiger partial charge in [-0.2, -0.15) is 0 Å². The number of hydrogen-bond donors (Lipinski definition) is 1. The molecule has 0 bridgehead atoms. The zero-order valence-corrected chi connectivity index (χ0v) is 9.12. The van der Waals surface area contributed by atoms with Gasteiger partial charge in [0, 0.05) is 29.6 Å². The summed E-state index contributed by atoms with van der Waals surface area (Å²) >= 11 is 0. The summed E-state index contributed by atoms with van der Waals surface area (Å²) in [5.41, 5.74) is 0.732. The van der Waals surface area contributed by atoms with Crippen LogP contribution in [-0.4, -0.2) is 23.3 Å². The minimum absolute atomic E-state index is 0.194. The number of carbonyl (C=O) groups excluding carboxylic acids is 2. The third-order valence-corrected chi connectivity index (χ3v) is 2.36. The van der Waals surface area contributed by atoms with Crippen molar-refractivity contribution in [2.45, 2.75) is 6.92 Å². The van der Waals surface area contributed by atoms with Crippen molar-refractivity contribution in [3.63, 3.8) is 0 Å². The fraction of sp³-hybridized carbons (Fsp3) is 0.167. The minimum atomic E-state index is -0.543. The second kappa shape index (κ2) is 4.37. The van der Waals surface area contributed by atoms with Crippen LogP contribution in [0.25, 0.3) is 10.9 Å². The molecule has 0 aliphatic heterocycles. The molecule has 0 fully saturated rings. The van der Waals surface area contributed by atoms with Gasteiger partial charge in [0.25, 0.3) is 0 Å². The predicted octanol–water partition coefficient (Wildman–Crippen LogP) is 2.05. The van der Waals surface area contributed by atoms with Gasteiger partial charge in [-0.3, -0.25) is 9.59 Å². The van der Waals surface area contributed by atoms with Crippen molar-refractivity contribution in [3.8, 4) is 0 Å². The lowest BCUT2D eigenvalue weighted by Gasteiger charge is -2.00. The van der Waals surface area contributed by atoms with Gasteiger partial charge in [-0.25, -0.2) is 4.39 Å². The molecular formula is C12H10FNO3. The van der Waals surface area contributed by atoms with Crippen LogP contribution in [0.4, 0.5) is 4.39 Å². The van der Waals surface area contributed by atoms with Gasteiger partial charge >= 0.3 is 5.97 Å². The summed E-state index contributed by atoms with van der Waals surface area (Å²) in [4.78, 5) is 25.1. The molecule has 0 spiro atoms. The molecule has 0 saturated heterocycles. The molecule has 4 nitrogen and oxygen atoms in total. The summed E-state index contributed by atoms with van der Waals surface area (Å²) in [6, 6.07) is 4.49. The van der Waals surface area contributed by atoms with E-state index in [1.165, 1.54) is 19.2 Å². The summed E-state index contributed by atoms with van der Waals surface area (Å²) in [5, 5.41) is 0.227. The fourth-order valence-electron chi connectivity index (χ4n) is 1.61. The van der Waals surface area contributed by atoms with E-state index in [2.05, 4.69) is 9.72 Å². The van der Waals surface area contributed by atoms with E-state index < -0.39 is 17.6 Å². The molecule has 88 valence electrons. The van der Waals surface area contributed by atoms with Crippen molar-refractivity contribution in [2.24, 2.45) is 0 Å². The number of ether oxygens (including phenoxy) is 1. The first-order valence-electron chi connectivity index (χ1n) is 5.01. The largest absolute Gasteiger partial charge is 0.457 e. The number of aromatic amines is 1. The molecule has 0 atom stereocenters. The van der Waals surface area contributed by atoms with E-state index in [4.69, 9.17) is 0 Å². The van der Waals surface area contributed by atoms with Crippen molar-refractivity contribution in [3.05, 3.63) is 35.8 Å². The lowest BCUT2D eigenvalue weighted by atomic mass is 10.1. The quantitative estimate of drug-likeness (QED) is 0.654. The number of fused-ring (bicyclic) bond motifs is 1. The van der Waals surface area contributed by atoms with Gasteiger partial charge in [-0.15, -0.1) is 0 Å². The third-order valence-electron chi connectivity index (χ3n) is 2.36. The summed E-state index contributed by atoms with van der Waals surface area (Å²) in [5.74, 6) is -1.45. The van der Waals surface area contributed by atoms with Crippen LogP contribution in [0.2, 0.25) is 0 Å². The van der Waals surface area contributed by atoms with Crippen LogP contribution in [0.5, 0.6) is 0 Å². The highest BCUT2D eigenvalue weighted by molar-refractivity contribution is 6.09. The highest BCUT2D eigenvalue weighted by atomic mass is 19.1. The van der Waals surface area contributed by atoms with Gasteiger partial charge in [0.15, 0.2) is 6.61 Å². The summed E-state index contributed by atoms with van der Waals surface area (Å²) in [7, 11) is 0. The Bertz CT molecular complexity index is 588. The molecule has 0 aliphatic carbocycles. The number of ketones is 1. The van der Waals surface area contributed by atoms with E-state index in [1.807, 2.05) is 0 Å². The number of H-pyrrole nitrogens is 1. The van der Waals surface area contributed by atoms with Gasteiger partial charge in [0.2, 0.25) is 5.78 Å². The van der Waals surface area contributed by atoms with E-state index in [0.29, 0.717) is 5.52 Å². The average molecular weight is 235 g/mol. The molecule has 0 radical (unpaired) electrons. The number of esters is 1. The number of hydrogen-bond acceptors (Lipinski definition) is 3. The lowest BCUT2D eigenvalue weighted by molar-refractivity contribution is -0.139. The number of rotatable bonds is 3. The first kappa shape index (κ1) is 11.3. The van der Waals surface area contributed by atoms with E-state index in [9.17, 15) is 14.0 Å². The van der Waals surface area contributed by atoms with Crippen molar-refractivity contribution < 1.29 is 18.7 Å². The second-order valence-electron chi connectivity index (χ2n) is 3.57. The maximum atomic E-state index is 13.6. The Morgan fingerprint density at radius 3 is 2.88 bits per heavy atom. The van der Waals surface area contributed by atoms with Crippen molar-refractivity contribution in [1.29, 1.82) is 0 Å². The number of aromatic nitrogens is 1. The molecule has 1 heterocycles. The molecule has 5 heteroatoms. The van der Waals surface area contributed by atoms with Crippen LogP contribution in [-0.2, 0) is 9.53 Å². The van der Waals surface area contributed by atoms with Crippen molar-refractivity contribution >= 4 is 22.7 Å². The van der Waals surface area contributed by atoms with Crippen LogP contribution in [0, 0.1) is 5.82 Å². The zero-order chi connectivity index (χ0) is 12.4. The Morgan fingerprint density at radius 1 is 1.41 bits per heavy atom. The maximum Gasteiger partial charge on any atom is 0.303 e. The standard InChI is InChI=1S/C12H10FNO3/c1-7(15)17-6-11(16)8-5-14-10-4-2-3-9(13)12(8)10/h2-5,14H,6H2,1H3. The molecule has 1 N–H and O–H groups in total.